The van der Waals surface area contributed by atoms with Crippen LogP contribution in [0.4, 0.5) is 5.82 Å². The number of anilines is 1. The molecule has 5 nitrogen and oxygen atoms in total. The summed E-state index contributed by atoms with van der Waals surface area (Å²) in [4.78, 5) is 13.6. The monoisotopic (exact) mass is 340 g/mol. The van der Waals surface area contributed by atoms with Gasteiger partial charge in [-0.3, -0.25) is 0 Å². The van der Waals surface area contributed by atoms with E-state index < -0.39 is 0 Å². The van der Waals surface area contributed by atoms with Crippen LogP contribution in [0, 0.1) is 0 Å². The van der Waals surface area contributed by atoms with Crippen molar-refractivity contribution in [3.8, 4) is 5.75 Å². The number of aromatic nitrogens is 2. The number of hydrogen-bond acceptors (Lipinski definition) is 5. The third-order valence-corrected chi connectivity index (χ3v) is 5.14. The van der Waals surface area contributed by atoms with E-state index in [9.17, 15) is 0 Å². The number of hydrogen-bond donors (Lipinski definition) is 0. The molecule has 0 spiro atoms. The largest absolute Gasteiger partial charge is 0.497 e. The van der Waals surface area contributed by atoms with Gasteiger partial charge in [-0.05, 0) is 37.7 Å². The Balaban J connectivity index is 1.90. The first kappa shape index (κ1) is 17.7. The first-order valence-electron chi connectivity index (χ1n) is 8.86. The minimum atomic E-state index is 0.411. The SMILES string of the molecule is COc1ccc([C@@H]2CN(c3ncncc3C(C)C)C[C@H]2N(C)C)cc1. The molecule has 3 rings (SSSR count). The van der Waals surface area contributed by atoms with Gasteiger partial charge in [-0.1, -0.05) is 26.0 Å². The van der Waals surface area contributed by atoms with Crippen LogP contribution in [-0.4, -0.2) is 55.2 Å². The molecule has 0 aliphatic carbocycles. The molecule has 1 fully saturated rings. The van der Waals surface area contributed by atoms with Gasteiger partial charge < -0.3 is 14.5 Å². The predicted molar refractivity (Wildman–Crippen MR) is 102 cm³/mol. The summed E-state index contributed by atoms with van der Waals surface area (Å²) >= 11 is 0. The second-order valence-corrected chi connectivity index (χ2v) is 7.27. The topological polar surface area (TPSA) is 41.5 Å². The van der Waals surface area contributed by atoms with Gasteiger partial charge in [0.25, 0.3) is 0 Å². The van der Waals surface area contributed by atoms with Crippen molar-refractivity contribution in [2.45, 2.75) is 31.7 Å². The van der Waals surface area contributed by atoms with Crippen molar-refractivity contribution in [2.75, 3.05) is 39.2 Å². The van der Waals surface area contributed by atoms with Crippen LogP contribution >= 0.6 is 0 Å². The molecule has 0 saturated carbocycles. The molecule has 0 unspecified atom stereocenters. The highest BCUT2D eigenvalue weighted by Gasteiger charge is 2.36. The Morgan fingerprint density at radius 1 is 1.16 bits per heavy atom. The van der Waals surface area contributed by atoms with Crippen molar-refractivity contribution >= 4 is 5.82 Å². The van der Waals surface area contributed by atoms with E-state index in [-0.39, 0.29) is 0 Å². The molecule has 1 aromatic carbocycles. The van der Waals surface area contributed by atoms with Crippen molar-refractivity contribution in [2.24, 2.45) is 0 Å². The lowest BCUT2D eigenvalue weighted by Crippen LogP contribution is -2.34. The number of likely N-dealkylation sites (N-methyl/N-ethyl adjacent to an activating group) is 1. The van der Waals surface area contributed by atoms with Crippen molar-refractivity contribution in [3.05, 3.63) is 47.9 Å². The summed E-state index contributed by atoms with van der Waals surface area (Å²) in [6.07, 6.45) is 3.62. The summed E-state index contributed by atoms with van der Waals surface area (Å²) in [7, 11) is 6.03. The zero-order chi connectivity index (χ0) is 18.0. The standard InChI is InChI=1S/C20H28N4O/c1-14(2)17-10-21-13-22-20(17)24-11-18(19(12-24)23(3)4)15-6-8-16(25-5)9-7-15/h6-10,13-14,18-19H,11-12H2,1-5H3/t18-,19+/m0/s1. The van der Waals surface area contributed by atoms with Crippen molar-refractivity contribution in [1.29, 1.82) is 0 Å². The molecule has 1 aliphatic rings. The van der Waals surface area contributed by atoms with Gasteiger partial charge in [0.05, 0.1) is 7.11 Å². The molecular formula is C20H28N4O. The van der Waals surface area contributed by atoms with E-state index in [4.69, 9.17) is 4.74 Å². The van der Waals surface area contributed by atoms with E-state index in [1.165, 1.54) is 11.1 Å². The van der Waals surface area contributed by atoms with E-state index in [1.54, 1.807) is 13.4 Å². The van der Waals surface area contributed by atoms with E-state index in [2.05, 4.69) is 72.0 Å². The van der Waals surface area contributed by atoms with Crippen LogP contribution in [0.3, 0.4) is 0 Å². The van der Waals surface area contributed by atoms with Gasteiger partial charge in [0.2, 0.25) is 0 Å². The van der Waals surface area contributed by atoms with Crippen LogP contribution in [0.15, 0.2) is 36.8 Å². The number of methoxy groups -OCH3 is 1. The molecule has 1 aromatic heterocycles. The van der Waals surface area contributed by atoms with Crippen molar-refractivity contribution in [3.63, 3.8) is 0 Å². The first-order valence-corrected chi connectivity index (χ1v) is 8.86. The van der Waals surface area contributed by atoms with Crippen molar-refractivity contribution in [1.82, 2.24) is 14.9 Å². The quantitative estimate of drug-likeness (QED) is 0.836. The van der Waals surface area contributed by atoms with E-state index in [1.807, 2.05) is 6.20 Å². The molecule has 134 valence electrons. The normalized spacial score (nSPS) is 20.5. The maximum Gasteiger partial charge on any atom is 0.135 e. The highest BCUT2D eigenvalue weighted by Crippen LogP contribution is 2.35. The van der Waals surface area contributed by atoms with Crippen LogP contribution in [0.1, 0.15) is 36.8 Å². The van der Waals surface area contributed by atoms with Gasteiger partial charge in [0.15, 0.2) is 0 Å². The zero-order valence-corrected chi connectivity index (χ0v) is 15.8. The third kappa shape index (κ3) is 3.61. The average molecular weight is 340 g/mol. The van der Waals surface area contributed by atoms with E-state index in [0.717, 1.165) is 24.7 Å². The number of nitrogens with zero attached hydrogens (tertiary/aromatic N) is 4. The van der Waals surface area contributed by atoms with Crippen molar-refractivity contribution < 1.29 is 4.74 Å². The lowest BCUT2D eigenvalue weighted by Gasteiger charge is -2.25. The molecule has 1 saturated heterocycles. The lowest BCUT2D eigenvalue weighted by molar-refractivity contribution is 0.292. The molecule has 5 heteroatoms. The van der Waals surface area contributed by atoms with Crippen LogP contribution in [0.2, 0.25) is 0 Å². The Morgan fingerprint density at radius 2 is 1.88 bits per heavy atom. The van der Waals surface area contributed by atoms with Crippen LogP contribution < -0.4 is 9.64 Å². The Bertz CT molecular complexity index is 699. The number of rotatable bonds is 5. The zero-order valence-electron chi connectivity index (χ0n) is 15.8. The summed E-state index contributed by atoms with van der Waals surface area (Å²) in [5.41, 5.74) is 2.57. The summed E-state index contributed by atoms with van der Waals surface area (Å²) < 4.78 is 5.30. The second-order valence-electron chi connectivity index (χ2n) is 7.27. The maximum absolute atomic E-state index is 5.30. The number of ether oxygens (including phenoxy) is 1. The minimum Gasteiger partial charge on any atom is -0.497 e. The number of benzene rings is 1. The molecule has 25 heavy (non-hydrogen) atoms. The lowest BCUT2D eigenvalue weighted by atomic mass is 9.93. The maximum atomic E-state index is 5.30. The third-order valence-electron chi connectivity index (χ3n) is 5.14. The van der Waals surface area contributed by atoms with Gasteiger partial charge in [0, 0.05) is 36.8 Å². The fraction of sp³-hybridized carbons (Fsp3) is 0.500. The van der Waals surface area contributed by atoms with Gasteiger partial charge in [-0.25, -0.2) is 9.97 Å². The Kier molecular flexibility index (Phi) is 5.23. The molecule has 2 heterocycles. The predicted octanol–water partition coefficient (Wildman–Crippen LogP) is 3.14. The van der Waals surface area contributed by atoms with Gasteiger partial charge in [-0.15, -0.1) is 0 Å². The van der Waals surface area contributed by atoms with Crippen LogP contribution in [0.25, 0.3) is 0 Å². The summed E-state index contributed by atoms with van der Waals surface area (Å²) in [6.45, 7) is 6.33. The van der Waals surface area contributed by atoms with E-state index >= 15 is 0 Å². The Morgan fingerprint density at radius 3 is 2.48 bits per heavy atom. The Hall–Kier alpha value is -2.14. The van der Waals surface area contributed by atoms with Gasteiger partial charge >= 0.3 is 0 Å². The molecular weight excluding hydrogens is 312 g/mol. The first-order chi connectivity index (χ1) is 12.0. The smallest absolute Gasteiger partial charge is 0.135 e. The van der Waals surface area contributed by atoms with Crippen LogP contribution in [0.5, 0.6) is 5.75 Å². The molecule has 1 aliphatic heterocycles. The summed E-state index contributed by atoms with van der Waals surface area (Å²) in [6, 6.07) is 8.92. The average Bonchev–Trinajstić information content (AvgIpc) is 3.07. The van der Waals surface area contributed by atoms with Gasteiger partial charge in [0.1, 0.15) is 17.9 Å². The molecule has 2 atom stereocenters. The Labute approximate surface area is 150 Å². The van der Waals surface area contributed by atoms with E-state index in [0.29, 0.717) is 17.9 Å². The fourth-order valence-electron chi connectivity index (χ4n) is 3.67. The summed E-state index contributed by atoms with van der Waals surface area (Å²) in [5, 5.41) is 0. The minimum absolute atomic E-state index is 0.411. The molecule has 2 aromatic rings. The highest BCUT2D eigenvalue weighted by atomic mass is 16.5. The summed E-state index contributed by atoms with van der Waals surface area (Å²) in [5.74, 6) is 2.83. The highest BCUT2D eigenvalue weighted by molar-refractivity contribution is 5.50. The van der Waals surface area contributed by atoms with Crippen LogP contribution in [-0.2, 0) is 0 Å². The van der Waals surface area contributed by atoms with Gasteiger partial charge in [-0.2, -0.15) is 0 Å². The molecule has 0 N–H and O–H groups in total. The molecule has 0 bridgehead atoms. The molecule has 0 amide bonds. The second kappa shape index (κ2) is 7.40. The molecule has 0 radical (unpaired) electrons. The fourth-order valence-corrected chi connectivity index (χ4v) is 3.67.